The molecule has 0 radical (unpaired) electrons. The molecule has 0 saturated carbocycles. The Bertz CT molecular complexity index is 774. The van der Waals surface area contributed by atoms with Crippen molar-refractivity contribution < 1.29 is 23.6 Å². The van der Waals surface area contributed by atoms with E-state index in [2.05, 4.69) is 10.1 Å². The van der Waals surface area contributed by atoms with Crippen molar-refractivity contribution in [2.45, 2.75) is 0 Å². The van der Waals surface area contributed by atoms with E-state index in [0.717, 1.165) is 24.3 Å². The number of esters is 1. The first kappa shape index (κ1) is 16.1. The van der Waals surface area contributed by atoms with Crippen molar-refractivity contribution >= 4 is 23.3 Å². The average molecular weight is 318 g/mol. The number of nitro groups is 1. The van der Waals surface area contributed by atoms with Crippen LogP contribution in [0, 0.1) is 15.9 Å². The van der Waals surface area contributed by atoms with Gasteiger partial charge in [-0.3, -0.25) is 14.9 Å². The molecule has 1 N–H and O–H groups in total. The number of nitro benzene ring substituents is 1. The van der Waals surface area contributed by atoms with E-state index in [0.29, 0.717) is 0 Å². The maximum absolute atomic E-state index is 13.7. The van der Waals surface area contributed by atoms with Crippen LogP contribution in [0.3, 0.4) is 0 Å². The molecule has 0 fully saturated rings. The third kappa shape index (κ3) is 3.67. The lowest BCUT2D eigenvalue weighted by Crippen LogP contribution is -2.14. The third-order valence-corrected chi connectivity index (χ3v) is 2.98. The second-order valence-corrected chi connectivity index (χ2v) is 4.44. The number of methoxy groups -OCH3 is 1. The monoisotopic (exact) mass is 318 g/mol. The minimum Gasteiger partial charge on any atom is -0.465 e. The van der Waals surface area contributed by atoms with Gasteiger partial charge in [0.25, 0.3) is 11.6 Å². The molecule has 7 nitrogen and oxygen atoms in total. The lowest BCUT2D eigenvalue weighted by Gasteiger charge is -2.08. The molecule has 1 amide bonds. The second-order valence-electron chi connectivity index (χ2n) is 4.44. The zero-order valence-electron chi connectivity index (χ0n) is 11.9. The molecule has 0 aliphatic heterocycles. The summed E-state index contributed by atoms with van der Waals surface area (Å²) in [6.07, 6.45) is 0. The summed E-state index contributed by atoms with van der Waals surface area (Å²) in [6.45, 7) is 0. The van der Waals surface area contributed by atoms with Gasteiger partial charge in [-0.2, -0.15) is 0 Å². The van der Waals surface area contributed by atoms with Crippen LogP contribution in [0.25, 0.3) is 0 Å². The SMILES string of the molecule is COC(=O)c1ccc(F)c(NC(=O)c2ccc([N+](=O)[O-])cc2)c1. The highest BCUT2D eigenvalue weighted by Gasteiger charge is 2.14. The highest BCUT2D eigenvalue weighted by Crippen LogP contribution is 2.19. The number of non-ortho nitro benzene ring substituents is 1. The molecule has 0 spiro atoms. The van der Waals surface area contributed by atoms with Crippen LogP contribution in [0.4, 0.5) is 15.8 Å². The minimum atomic E-state index is -0.729. The van der Waals surface area contributed by atoms with Crippen LogP contribution in [0.1, 0.15) is 20.7 Å². The number of ether oxygens (including phenoxy) is 1. The van der Waals surface area contributed by atoms with Gasteiger partial charge < -0.3 is 10.1 Å². The van der Waals surface area contributed by atoms with E-state index < -0.39 is 22.6 Å². The maximum Gasteiger partial charge on any atom is 0.337 e. The van der Waals surface area contributed by atoms with Gasteiger partial charge in [-0.05, 0) is 30.3 Å². The van der Waals surface area contributed by atoms with Crippen molar-refractivity contribution in [3.05, 3.63) is 69.5 Å². The predicted molar refractivity (Wildman–Crippen MR) is 78.8 cm³/mol. The molecule has 118 valence electrons. The van der Waals surface area contributed by atoms with E-state index >= 15 is 0 Å². The average Bonchev–Trinajstić information content (AvgIpc) is 2.56. The second kappa shape index (κ2) is 6.65. The zero-order valence-corrected chi connectivity index (χ0v) is 11.9. The molecule has 2 rings (SSSR count). The Kier molecular flexibility index (Phi) is 4.65. The van der Waals surface area contributed by atoms with E-state index in [9.17, 15) is 24.1 Å². The summed E-state index contributed by atoms with van der Waals surface area (Å²) in [6, 6.07) is 8.21. The molecule has 0 heterocycles. The van der Waals surface area contributed by atoms with Gasteiger partial charge in [0.05, 0.1) is 23.3 Å². The summed E-state index contributed by atoms with van der Waals surface area (Å²) in [5.74, 6) is -2.07. The first-order valence-corrected chi connectivity index (χ1v) is 6.36. The molecule has 2 aromatic carbocycles. The van der Waals surface area contributed by atoms with Crippen LogP contribution in [0.15, 0.2) is 42.5 Å². The van der Waals surface area contributed by atoms with Gasteiger partial charge in [-0.25, -0.2) is 9.18 Å². The van der Waals surface area contributed by atoms with Crippen LogP contribution in [0.2, 0.25) is 0 Å². The van der Waals surface area contributed by atoms with E-state index in [1.807, 2.05) is 0 Å². The summed E-state index contributed by atoms with van der Waals surface area (Å²) in [4.78, 5) is 33.4. The largest absolute Gasteiger partial charge is 0.465 e. The number of benzene rings is 2. The van der Waals surface area contributed by atoms with Crippen LogP contribution in [0.5, 0.6) is 0 Å². The summed E-state index contributed by atoms with van der Waals surface area (Å²) < 4.78 is 18.2. The topological polar surface area (TPSA) is 98.5 Å². The number of nitrogens with zero attached hydrogens (tertiary/aromatic N) is 1. The molecular weight excluding hydrogens is 307 g/mol. The van der Waals surface area contributed by atoms with E-state index in [-0.39, 0.29) is 22.5 Å². The number of anilines is 1. The predicted octanol–water partition coefficient (Wildman–Crippen LogP) is 2.77. The normalized spacial score (nSPS) is 10.0. The lowest BCUT2D eigenvalue weighted by molar-refractivity contribution is -0.384. The van der Waals surface area contributed by atoms with Crippen molar-refractivity contribution in [2.24, 2.45) is 0 Å². The van der Waals surface area contributed by atoms with Crippen LogP contribution < -0.4 is 5.32 Å². The number of carbonyl (C=O) groups excluding carboxylic acids is 2. The maximum atomic E-state index is 13.7. The van der Waals surface area contributed by atoms with Gasteiger partial charge in [-0.15, -0.1) is 0 Å². The number of carbonyl (C=O) groups is 2. The molecule has 0 atom stereocenters. The highest BCUT2D eigenvalue weighted by molar-refractivity contribution is 6.05. The number of nitrogens with one attached hydrogen (secondary N) is 1. The van der Waals surface area contributed by atoms with E-state index in [4.69, 9.17) is 0 Å². The third-order valence-electron chi connectivity index (χ3n) is 2.98. The Morgan fingerprint density at radius 2 is 1.74 bits per heavy atom. The Morgan fingerprint density at radius 1 is 1.13 bits per heavy atom. The summed E-state index contributed by atoms with van der Waals surface area (Å²) in [7, 11) is 1.18. The molecule has 0 saturated heterocycles. The van der Waals surface area contributed by atoms with E-state index in [1.54, 1.807) is 0 Å². The fourth-order valence-electron chi connectivity index (χ4n) is 1.79. The smallest absolute Gasteiger partial charge is 0.337 e. The molecule has 8 heteroatoms. The molecule has 0 aliphatic carbocycles. The van der Waals surface area contributed by atoms with Gasteiger partial charge in [-0.1, -0.05) is 0 Å². The minimum absolute atomic E-state index is 0.0768. The van der Waals surface area contributed by atoms with Gasteiger partial charge >= 0.3 is 5.97 Å². The summed E-state index contributed by atoms with van der Waals surface area (Å²) in [5, 5.41) is 12.9. The number of amides is 1. The Morgan fingerprint density at radius 3 is 2.30 bits per heavy atom. The lowest BCUT2D eigenvalue weighted by atomic mass is 10.1. The van der Waals surface area contributed by atoms with Crippen molar-refractivity contribution in [3.63, 3.8) is 0 Å². The first-order chi connectivity index (χ1) is 10.9. The summed E-state index contributed by atoms with van der Waals surface area (Å²) in [5.41, 5.74) is -0.178. The van der Waals surface area contributed by atoms with Gasteiger partial charge in [0, 0.05) is 17.7 Å². The molecule has 0 aliphatic rings. The van der Waals surface area contributed by atoms with Crippen LogP contribution in [-0.2, 0) is 4.74 Å². The number of halogens is 1. The van der Waals surface area contributed by atoms with Gasteiger partial charge in [0.15, 0.2) is 0 Å². The quantitative estimate of drug-likeness (QED) is 0.531. The zero-order chi connectivity index (χ0) is 17.0. The van der Waals surface area contributed by atoms with Gasteiger partial charge in [0.2, 0.25) is 0 Å². The molecule has 2 aromatic rings. The van der Waals surface area contributed by atoms with Crippen molar-refractivity contribution in [3.8, 4) is 0 Å². The van der Waals surface area contributed by atoms with Crippen molar-refractivity contribution in [2.75, 3.05) is 12.4 Å². The Hall–Kier alpha value is -3.29. The van der Waals surface area contributed by atoms with Crippen molar-refractivity contribution in [1.29, 1.82) is 0 Å². The first-order valence-electron chi connectivity index (χ1n) is 6.36. The molecule has 23 heavy (non-hydrogen) atoms. The summed E-state index contributed by atoms with van der Waals surface area (Å²) >= 11 is 0. The van der Waals surface area contributed by atoms with Crippen LogP contribution in [-0.4, -0.2) is 23.9 Å². The number of rotatable bonds is 4. The fourth-order valence-corrected chi connectivity index (χ4v) is 1.79. The van der Waals surface area contributed by atoms with Crippen LogP contribution >= 0.6 is 0 Å². The number of hydrogen-bond acceptors (Lipinski definition) is 5. The van der Waals surface area contributed by atoms with E-state index in [1.165, 1.54) is 25.3 Å². The van der Waals surface area contributed by atoms with Crippen molar-refractivity contribution in [1.82, 2.24) is 0 Å². The molecule has 0 unspecified atom stereocenters. The Labute approximate surface area is 129 Å². The highest BCUT2D eigenvalue weighted by atomic mass is 19.1. The molecular formula is C15H11FN2O5. The standard InChI is InChI=1S/C15H11FN2O5/c1-23-15(20)10-4-7-12(16)13(8-10)17-14(19)9-2-5-11(6-3-9)18(21)22/h2-8H,1H3,(H,17,19). The Balaban J connectivity index is 2.22. The number of hydrogen-bond donors (Lipinski definition) is 1. The van der Waals surface area contributed by atoms with Gasteiger partial charge in [0.1, 0.15) is 5.82 Å². The fraction of sp³-hybridized carbons (Fsp3) is 0.0667. The molecule has 0 aromatic heterocycles. The molecule has 0 bridgehead atoms.